The van der Waals surface area contributed by atoms with Gasteiger partial charge in [0, 0.05) is 0 Å². The highest BCUT2D eigenvalue weighted by Gasteiger charge is 2.12. The molecule has 0 radical (unpaired) electrons. The molecule has 1 heterocycles. The zero-order valence-electron chi connectivity index (χ0n) is 13.5. The first-order valence-electron chi connectivity index (χ1n) is 7.69. The van der Waals surface area contributed by atoms with Crippen molar-refractivity contribution < 1.29 is 18.7 Å². The molecule has 0 bridgehead atoms. The molecular weight excluding hydrogens is 341 g/mol. The molecule has 7 nitrogen and oxygen atoms in total. The van der Waals surface area contributed by atoms with Crippen molar-refractivity contribution in [2.24, 2.45) is 0 Å². The van der Waals surface area contributed by atoms with Crippen LogP contribution in [-0.2, 0) is 20.9 Å². The number of rotatable bonds is 5. The normalized spacial score (nSPS) is 10.5. The van der Waals surface area contributed by atoms with E-state index < -0.39 is 24.3 Å². The third-order valence-electron chi connectivity index (χ3n) is 3.54. The number of para-hydroxylation sites is 2. The fourth-order valence-electron chi connectivity index (χ4n) is 2.30. The molecule has 3 rings (SSSR count). The average Bonchev–Trinajstić information content (AvgIpc) is 2.64. The number of amides is 1. The smallest absolute Gasteiger partial charge is 0.326 e. The van der Waals surface area contributed by atoms with Crippen LogP contribution in [-0.4, -0.2) is 28.0 Å². The molecule has 1 aromatic heterocycles. The Morgan fingerprint density at radius 1 is 1.12 bits per heavy atom. The maximum atomic E-state index is 13.4. The second-order valence-electron chi connectivity index (χ2n) is 5.38. The SMILES string of the molecule is O=C(COC(=O)Cn1cnc2ccccc2c1=O)Nc1ccccc1F. The Kier molecular flexibility index (Phi) is 5.02. The minimum absolute atomic E-state index is 0.0107. The Bertz CT molecular complexity index is 1030. The van der Waals surface area contributed by atoms with Gasteiger partial charge in [-0.1, -0.05) is 24.3 Å². The maximum absolute atomic E-state index is 13.4. The van der Waals surface area contributed by atoms with E-state index in [1.807, 2.05) is 0 Å². The molecule has 0 atom stereocenters. The number of carbonyl (C=O) groups excluding carboxylic acids is 2. The van der Waals surface area contributed by atoms with Crippen molar-refractivity contribution in [2.45, 2.75) is 6.54 Å². The topological polar surface area (TPSA) is 90.3 Å². The molecule has 2 aromatic carbocycles. The van der Waals surface area contributed by atoms with Gasteiger partial charge in [-0.2, -0.15) is 0 Å². The zero-order chi connectivity index (χ0) is 18.5. The van der Waals surface area contributed by atoms with E-state index in [1.54, 1.807) is 30.3 Å². The first-order valence-corrected chi connectivity index (χ1v) is 7.69. The molecule has 8 heteroatoms. The number of ether oxygens (including phenoxy) is 1. The maximum Gasteiger partial charge on any atom is 0.326 e. The van der Waals surface area contributed by atoms with Gasteiger partial charge in [-0.25, -0.2) is 9.37 Å². The quantitative estimate of drug-likeness (QED) is 0.704. The van der Waals surface area contributed by atoms with Crippen molar-refractivity contribution in [3.05, 3.63) is 71.0 Å². The summed E-state index contributed by atoms with van der Waals surface area (Å²) in [7, 11) is 0. The third kappa shape index (κ3) is 3.92. The molecule has 0 fully saturated rings. The summed E-state index contributed by atoms with van der Waals surface area (Å²) < 4.78 is 19.4. The summed E-state index contributed by atoms with van der Waals surface area (Å²) in [6.07, 6.45) is 1.24. The summed E-state index contributed by atoms with van der Waals surface area (Å²) >= 11 is 0. The second kappa shape index (κ2) is 7.56. The lowest BCUT2D eigenvalue weighted by atomic mass is 10.2. The first kappa shape index (κ1) is 17.3. The second-order valence-corrected chi connectivity index (χ2v) is 5.38. The van der Waals surface area contributed by atoms with Crippen molar-refractivity contribution in [1.29, 1.82) is 0 Å². The lowest BCUT2D eigenvalue weighted by Gasteiger charge is -2.08. The summed E-state index contributed by atoms with van der Waals surface area (Å²) in [5.41, 5.74) is 0.123. The van der Waals surface area contributed by atoms with Gasteiger partial charge in [-0.15, -0.1) is 0 Å². The summed E-state index contributed by atoms with van der Waals surface area (Å²) in [6, 6.07) is 12.4. The highest BCUT2D eigenvalue weighted by Crippen LogP contribution is 2.12. The van der Waals surface area contributed by atoms with Gasteiger partial charge < -0.3 is 10.1 Å². The van der Waals surface area contributed by atoms with E-state index in [4.69, 9.17) is 4.74 Å². The molecule has 0 unspecified atom stereocenters. The molecule has 0 saturated heterocycles. The minimum atomic E-state index is -0.784. The number of nitrogens with zero attached hydrogens (tertiary/aromatic N) is 2. The number of hydrogen-bond acceptors (Lipinski definition) is 5. The van der Waals surface area contributed by atoms with Crippen LogP contribution in [0.25, 0.3) is 10.9 Å². The highest BCUT2D eigenvalue weighted by atomic mass is 19.1. The predicted octanol–water partition coefficient (Wildman–Crippen LogP) is 1.72. The third-order valence-corrected chi connectivity index (χ3v) is 3.54. The number of halogens is 1. The molecule has 0 aliphatic rings. The van der Waals surface area contributed by atoms with Gasteiger partial charge in [-0.05, 0) is 24.3 Å². The number of benzene rings is 2. The fraction of sp³-hybridized carbons (Fsp3) is 0.111. The Morgan fingerprint density at radius 3 is 2.65 bits per heavy atom. The molecule has 0 aliphatic heterocycles. The van der Waals surface area contributed by atoms with Gasteiger partial charge in [0.05, 0.1) is 22.9 Å². The van der Waals surface area contributed by atoms with Crippen LogP contribution in [0.2, 0.25) is 0 Å². The Morgan fingerprint density at radius 2 is 1.85 bits per heavy atom. The van der Waals surface area contributed by atoms with Gasteiger partial charge in [-0.3, -0.25) is 19.0 Å². The van der Waals surface area contributed by atoms with E-state index in [1.165, 1.54) is 24.5 Å². The van der Waals surface area contributed by atoms with E-state index in [-0.39, 0.29) is 17.8 Å². The molecule has 26 heavy (non-hydrogen) atoms. The number of hydrogen-bond donors (Lipinski definition) is 1. The summed E-state index contributed by atoms with van der Waals surface area (Å²) in [5.74, 6) is -2.07. The van der Waals surface area contributed by atoms with E-state index in [0.29, 0.717) is 10.9 Å². The molecule has 3 aromatic rings. The van der Waals surface area contributed by atoms with Gasteiger partial charge in [0.25, 0.3) is 11.5 Å². The fourth-order valence-corrected chi connectivity index (χ4v) is 2.30. The number of aromatic nitrogens is 2. The molecule has 0 spiro atoms. The van der Waals surface area contributed by atoms with Crippen LogP contribution in [0.15, 0.2) is 59.7 Å². The summed E-state index contributed by atoms with van der Waals surface area (Å²) in [5, 5.41) is 2.67. The van der Waals surface area contributed by atoms with Crippen molar-refractivity contribution in [1.82, 2.24) is 9.55 Å². The lowest BCUT2D eigenvalue weighted by molar-refractivity contribution is -0.147. The number of anilines is 1. The van der Waals surface area contributed by atoms with Gasteiger partial charge in [0.2, 0.25) is 0 Å². The van der Waals surface area contributed by atoms with Gasteiger partial charge in [0.1, 0.15) is 12.4 Å². The summed E-state index contributed by atoms with van der Waals surface area (Å²) in [4.78, 5) is 40.0. The summed E-state index contributed by atoms with van der Waals surface area (Å²) in [6.45, 7) is -0.980. The van der Waals surface area contributed by atoms with Gasteiger partial charge >= 0.3 is 5.97 Å². The number of fused-ring (bicyclic) bond motifs is 1. The predicted molar refractivity (Wildman–Crippen MR) is 92.0 cm³/mol. The van der Waals surface area contributed by atoms with Crippen LogP contribution in [0, 0.1) is 5.82 Å². The van der Waals surface area contributed by atoms with E-state index in [2.05, 4.69) is 10.3 Å². The van der Waals surface area contributed by atoms with Crippen molar-refractivity contribution in [2.75, 3.05) is 11.9 Å². The van der Waals surface area contributed by atoms with Crippen LogP contribution in [0.5, 0.6) is 0 Å². The molecule has 1 N–H and O–H groups in total. The van der Waals surface area contributed by atoms with Crippen LogP contribution in [0.1, 0.15) is 0 Å². The zero-order valence-corrected chi connectivity index (χ0v) is 13.5. The van der Waals surface area contributed by atoms with Gasteiger partial charge in [0.15, 0.2) is 6.61 Å². The van der Waals surface area contributed by atoms with E-state index >= 15 is 0 Å². The Hall–Kier alpha value is -3.55. The van der Waals surface area contributed by atoms with Crippen molar-refractivity contribution in [3.63, 3.8) is 0 Å². The van der Waals surface area contributed by atoms with Crippen molar-refractivity contribution >= 4 is 28.5 Å². The van der Waals surface area contributed by atoms with Crippen LogP contribution in [0.3, 0.4) is 0 Å². The molecule has 0 aliphatic carbocycles. The van der Waals surface area contributed by atoms with E-state index in [0.717, 1.165) is 4.57 Å². The van der Waals surface area contributed by atoms with Crippen LogP contribution >= 0.6 is 0 Å². The molecular formula is C18H14FN3O4. The van der Waals surface area contributed by atoms with Crippen LogP contribution in [0.4, 0.5) is 10.1 Å². The minimum Gasteiger partial charge on any atom is -0.454 e. The highest BCUT2D eigenvalue weighted by molar-refractivity contribution is 5.92. The lowest BCUT2D eigenvalue weighted by Crippen LogP contribution is -2.28. The largest absolute Gasteiger partial charge is 0.454 e. The molecule has 132 valence electrons. The Balaban J connectivity index is 1.59. The molecule has 0 saturated carbocycles. The average molecular weight is 355 g/mol. The number of carbonyl (C=O) groups is 2. The van der Waals surface area contributed by atoms with Crippen molar-refractivity contribution in [3.8, 4) is 0 Å². The Labute approximate surface area is 147 Å². The van der Waals surface area contributed by atoms with E-state index in [9.17, 15) is 18.8 Å². The molecule has 1 amide bonds. The monoisotopic (exact) mass is 355 g/mol. The number of nitrogens with one attached hydrogen (secondary N) is 1. The first-order chi connectivity index (χ1) is 12.5. The van der Waals surface area contributed by atoms with Crippen LogP contribution < -0.4 is 10.9 Å². The standard InChI is InChI=1S/C18H14FN3O4/c19-13-6-2-4-8-15(13)21-16(23)10-26-17(24)9-22-11-20-14-7-3-1-5-12(14)18(22)25/h1-8,11H,9-10H2,(H,21,23). The number of esters is 1.